The summed E-state index contributed by atoms with van der Waals surface area (Å²) in [6, 6.07) is 7.40. The Bertz CT molecular complexity index is 742. The summed E-state index contributed by atoms with van der Waals surface area (Å²) in [5.41, 5.74) is 0.820. The molecular formula is C18H25N3O2S2. The molecule has 7 heteroatoms. The molecule has 1 aromatic rings. The zero-order chi connectivity index (χ0) is 17.4. The van der Waals surface area contributed by atoms with E-state index in [-0.39, 0.29) is 0 Å². The third kappa shape index (κ3) is 3.55. The number of anilines is 1. The first-order valence-electron chi connectivity index (χ1n) is 9.20. The molecule has 3 atom stereocenters. The second kappa shape index (κ2) is 6.85. The lowest BCUT2D eigenvalue weighted by Gasteiger charge is -2.24. The van der Waals surface area contributed by atoms with Crippen LogP contribution in [0, 0.1) is 11.8 Å². The Balaban J connectivity index is 1.36. The van der Waals surface area contributed by atoms with Gasteiger partial charge in [-0.2, -0.15) is 4.31 Å². The van der Waals surface area contributed by atoms with Crippen molar-refractivity contribution in [1.82, 2.24) is 9.62 Å². The van der Waals surface area contributed by atoms with Crippen molar-refractivity contribution in [3.05, 3.63) is 24.3 Å². The van der Waals surface area contributed by atoms with Crippen molar-refractivity contribution >= 4 is 33.0 Å². The number of hydrogen-bond acceptors (Lipinski definition) is 3. The highest BCUT2D eigenvalue weighted by Crippen LogP contribution is 2.44. The first-order valence-corrected chi connectivity index (χ1v) is 11.0. The van der Waals surface area contributed by atoms with Gasteiger partial charge in [-0.1, -0.05) is 6.42 Å². The Morgan fingerprint density at radius 3 is 2.40 bits per heavy atom. The second-order valence-electron chi connectivity index (χ2n) is 7.52. The fourth-order valence-electron chi connectivity index (χ4n) is 4.54. The minimum atomic E-state index is -3.35. The van der Waals surface area contributed by atoms with Crippen molar-refractivity contribution in [2.75, 3.05) is 18.4 Å². The summed E-state index contributed by atoms with van der Waals surface area (Å²) in [5.74, 6) is 1.64. The Labute approximate surface area is 155 Å². The summed E-state index contributed by atoms with van der Waals surface area (Å²) >= 11 is 5.43. The molecule has 4 rings (SSSR count). The number of nitrogens with zero attached hydrogens (tertiary/aromatic N) is 1. The molecule has 0 amide bonds. The van der Waals surface area contributed by atoms with Gasteiger partial charge in [-0.05, 0) is 80.4 Å². The fraction of sp³-hybridized carbons (Fsp3) is 0.611. The third-order valence-electron chi connectivity index (χ3n) is 5.87. The molecular weight excluding hydrogens is 354 g/mol. The molecule has 0 unspecified atom stereocenters. The minimum absolute atomic E-state index is 0.354. The van der Waals surface area contributed by atoms with Crippen LogP contribution in [0.1, 0.15) is 38.5 Å². The Morgan fingerprint density at radius 1 is 1.08 bits per heavy atom. The van der Waals surface area contributed by atoms with Gasteiger partial charge in [-0.3, -0.25) is 0 Å². The van der Waals surface area contributed by atoms with Crippen molar-refractivity contribution in [2.45, 2.75) is 49.5 Å². The van der Waals surface area contributed by atoms with Crippen molar-refractivity contribution in [3.8, 4) is 0 Å². The van der Waals surface area contributed by atoms with E-state index in [1.807, 2.05) is 0 Å². The summed E-state index contributed by atoms with van der Waals surface area (Å²) in [6.07, 6.45) is 7.14. The van der Waals surface area contributed by atoms with Gasteiger partial charge in [0, 0.05) is 24.8 Å². The highest BCUT2D eigenvalue weighted by Gasteiger charge is 2.39. The molecule has 2 saturated carbocycles. The third-order valence-corrected chi connectivity index (χ3v) is 8.00. The second-order valence-corrected chi connectivity index (χ2v) is 9.86. The lowest BCUT2D eigenvalue weighted by atomic mass is 9.96. The van der Waals surface area contributed by atoms with Crippen LogP contribution < -0.4 is 10.6 Å². The van der Waals surface area contributed by atoms with Gasteiger partial charge < -0.3 is 10.6 Å². The van der Waals surface area contributed by atoms with Gasteiger partial charge in [0.15, 0.2) is 5.11 Å². The Morgan fingerprint density at radius 2 is 1.80 bits per heavy atom. The molecule has 1 heterocycles. The standard InChI is InChI=1S/C18H25N3O2S2/c22-25(23,21-9-1-2-10-21)16-7-5-15(6-8-16)19-18(24)20-17-12-13-3-4-14(17)11-13/h5-8,13-14,17H,1-4,9-12H2,(H2,19,20,24)/t13-,14+,17+/m0/s1. The number of thiocarbonyl (C=S) groups is 1. The van der Waals surface area contributed by atoms with E-state index in [2.05, 4.69) is 10.6 Å². The minimum Gasteiger partial charge on any atom is -0.359 e. The topological polar surface area (TPSA) is 61.4 Å². The number of rotatable bonds is 4. The number of benzene rings is 1. The van der Waals surface area contributed by atoms with Crippen LogP contribution in [0.2, 0.25) is 0 Å². The summed E-state index contributed by atoms with van der Waals surface area (Å²) in [6.45, 7) is 1.25. The molecule has 1 saturated heterocycles. The number of sulfonamides is 1. The van der Waals surface area contributed by atoms with E-state index in [1.54, 1.807) is 28.6 Å². The van der Waals surface area contributed by atoms with E-state index in [0.717, 1.165) is 30.4 Å². The molecule has 3 fully saturated rings. The molecule has 3 aliphatic rings. The first kappa shape index (κ1) is 17.2. The van der Waals surface area contributed by atoms with Gasteiger partial charge >= 0.3 is 0 Å². The fourth-order valence-corrected chi connectivity index (χ4v) is 6.33. The van der Waals surface area contributed by atoms with Gasteiger partial charge in [0.25, 0.3) is 0 Å². The number of hydrogen-bond donors (Lipinski definition) is 2. The van der Waals surface area contributed by atoms with Crippen LogP contribution >= 0.6 is 12.2 Å². The van der Waals surface area contributed by atoms with Gasteiger partial charge in [0.2, 0.25) is 10.0 Å². The van der Waals surface area contributed by atoms with Crippen molar-refractivity contribution < 1.29 is 8.42 Å². The molecule has 1 aromatic carbocycles. The van der Waals surface area contributed by atoms with Crippen LogP contribution in [-0.4, -0.2) is 37.0 Å². The van der Waals surface area contributed by atoms with E-state index in [0.29, 0.717) is 29.1 Å². The van der Waals surface area contributed by atoms with Gasteiger partial charge in [0.05, 0.1) is 4.90 Å². The van der Waals surface area contributed by atoms with E-state index < -0.39 is 10.0 Å². The van der Waals surface area contributed by atoms with Crippen LogP contribution in [0.25, 0.3) is 0 Å². The zero-order valence-electron chi connectivity index (χ0n) is 14.3. The van der Waals surface area contributed by atoms with E-state index >= 15 is 0 Å². The zero-order valence-corrected chi connectivity index (χ0v) is 15.9. The van der Waals surface area contributed by atoms with Crippen LogP contribution in [0.15, 0.2) is 29.2 Å². The maximum absolute atomic E-state index is 12.5. The lowest BCUT2D eigenvalue weighted by Crippen LogP contribution is -2.40. The molecule has 2 aliphatic carbocycles. The Kier molecular flexibility index (Phi) is 4.73. The smallest absolute Gasteiger partial charge is 0.243 e. The van der Waals surface area contributed by atoms with E-state index in [9.17, 15) is 8.42 Å². The average Bonchev–Trinajstić information content (AvgIpc) is 3.33. The Hall–Kier alpha value is -1.18. The van der Waals surface area contributed by atoms with Crippen molar-refractivity contribution in [3.63, 3.8) is 0 Å². The number of fused-ring (bicyclic) bond motifs is 2. The summed E-state index contributed by atoms with van der Waals surface area (Å²) in [4.78, 5) is 0.354. The lowest BCUT2D eigenvalue weighted by molar-refractivity contribution is 0.392. The predicted octanol–water partition coefficient (Wildman–Crippen LogP) is 2.95. The summed E-state index contributed by atoms with van der Waals surface area (Å²) in [7, 11) is -3.35. The molecule has 5 nitrogen and oxygen atoms in total. The van der Waals surface area contributed by atoms with Crippen LogP contribution in [-0.2, 0) is 10.0 Å². The van der Waals surface area contributed by atoms with E-state index in [1.165, 1.54) is 25.7 Å². The van der Waals surface area contributed by atoms with Gasteiger partial charge in [-0.15, -0.1) is 0 Å². The molecule has 1 aliphatic heterocycles. The SMILES string of the molecule is O=S(=O)(c1ccc(NC(=S)N[C@@H]2C[C@H]3CC[C@@H]2C3)cc1)N1CCCC1. The molecule has 136 valence electrons. The molecule has 25 heavy (non-hydrogen) atoms. The average molecular weight is 380 g/mol. The summed E-state index contributed by atoms with van der Waals surface area (Å²) < 4.78 is 26.6. The molecule has 2 N–H and O–H groups in total. The number of nitrogens with one attached hydrogen (secondary N) is 2. The van der Waals surface area contributed by atoms with Crippen molar-refractivity contribution in [2.24, 2.45) is 11.8 Å². The van der Waals surface area contributed by atoms with Crippen LogP contribution in [0.5, 0.6) is 0 Å². The van der Waals surface area contributed by atoms with Crippen LogP contribution in [0.3, 0.4) is 0 Å². The first-order chi connectivity index (χ1) is 12.0. The van der Waals surface area contributed by atoms with Gasteiger partial charge in [-0.25, -0.2) is 8.42 Å². The molecule has 0 radical (unpaired) electrons. The monoisotopic (exact) mass is 379 g/mol. The normalized spacial score (nSPS) is 29.0. The predicted molar refractivity (Wildman–Crippen MR) is 103 cm³/mol. The highest BCUT2D eigenvalue weighted by molar-refractivity contribution is 7.89. The highest BCUT2D eigenvalue weighted by atomic mass is 32.2. The maximum atomic E-state index is 12.5. The van der Waals surface area contributed by atoms with Gasteiger partial charge in [0.1, 0.15) is 0 Å². The summed E-state index contributed by atoms with van der Waals surface area (Å²) in [5, 5.41) is 7.26. The largest absolute Gasteiger partial charge is 0.359 e. The van der Waals surface area contributed by atoms with Crippen molar-refractivity contribution in [1.29, 1.82) is 0 Å². The maximum Gasteiger partial charge on any atom is 0.243 e. The van der Waals surface area contributed by atoms with Crippen LogP contribution in [0.4, 0.5) is 5.69 Å². The molecule has 2 bridgehead atoms. The molecule has 0 aromatic heterocycles. The van der Waals surface area contributed by atoms with E-state index in [4.69, 9.17) is 12.2 Å². The quantitative estimate of drug-likeness (QED) is 0.788. The molecule has 0 spiro atoms.